The number of nitrogens with one attached hydrogen (secondary N) is 2. The van der Waals surface area contributed by atoms with Gasteiger partial charge >= 0.3 is 6.03 Å². The minimum absolute atomic E-state index is 0.163. The summed E-state index contributed by atoms with van der Waals surface area (Å²) in [4.78, 5) is 37.3. The Labute approximate surface area is 121 Å². The fourth-order valence-corrected chi connectivity index (χ4v) is 2.84. The van der Waals surface area contributed by atoms with Crippen LogP contribution in [-0.4, -0.2) is 41.4 Å². The summed E-state index contributed by atoms with van der Waals surface area (Å²) < 4.78 is 0. The van der Waals surface area contributed by atoms with E-state index >= 15 is 0 Å². The molecule has 2 aliphatic heterocycles. The fourth-order valence-electron chi connectivity index (χ4n) is 2.84. The number of para-hydroxylation sites is 1. The van der Waals surface area contributed by atoms with Crippen LogP contribution in [0.15, 0.2) is 18.2 Å². The molecule has 0 aliphatic carbocycles. The van der Waals surface area contributed by atoms with Crippen molar-refractivity contribution in [3.63, 3.8) is 0 Å². The van der Waals surface area contributed by atoms with Gasteiger partial charge in [0.2, 0.25) is 0 Å². The van der Waals surface area contributed by atoms with Crippen molar-refractivity contribution in [3.8, 4) is 0 Å². The molecule has 7 nitrogen and oxygen atoms in total. The molecule has 1 aromatic rings. The fraction of sp³-hybridized carbons (Fsp3) is 0.357. The van der Waals surface area contributed by atoms with Gasteiger partial charge in [-0.25, -0.2) is 4.79 Å². The lowest BCUT2D eigenvalue weighted by Crippen LogP contribution is -2.49. The van der Waals surface area contributed by atoms with Crippen LogP contribution in [0.4, 0.5) is 10.5 Å². The van der Waals surface area contributed by atoms with E-state index in [0.29, 0.717) is 24.2 Å². The quantitative estimate of drug-likeness (QED) is 0.500. The summed E-state index contributed by atoms with van der Waals surface area (Å²) in [7, 11) is 0. The van der Waals surface area contributed by atoms with Gasteiger partial charge in [0.15, 0.2) is 0 Å². The topological polar surface area (TPSA) is 105 Å². The number of amides is 4. The lowest BCUT2D eigenvalue weighted by molar-refractivity contribution is -0.123. The minimum Gasteiger partial charge on any atom is -0.398 e. The molecule has 1 spiro atoms. The summed E-state index contributed by atoms with van der Waals surface area (Å²) in [6.45, 7) is 2.40. The largest absolute Gasteiger partial charge is 0.398 e. The van der Waals surface area contributed by atoms with Crippen LogP contribution in [0.3, 0.4) is 0 Å². The second-order valence-corrected chi connectivity index (χ2v) is 5.50. The van der Waals surface area contributed by atoms with Crippen molar-refractivity contribution in [1.82, 2.24) is 15.5 Å². The van der Waals surface area contributed by atoms with E-state index < -0.39 is 11.6 Å². The summed E-state index contributed by atoms with van der Waals surface area (Å²) in [5.41, 5.74) is 6.66. The van der Waals surface area contributed by atoms with E-state index in [1.807, 2.05) is 13.0 Å². The number of rotatable bonds is 1. The van der Waals surface area contributed by atoms with Gasteiger partial charge in [-0.05, 0) is 25.0 Å². The lowest BCUT2D eigenvalue weighted by Gasteiger charge is -2.21. The van der Waals surface area contributed by atoms with Crippen LogP contribution in [0.25, 0.3) is 0 Å². The van der Waals surface area contributed by atoms with Crippen LogP contribution in [0, 0.1) is 6.92 Å². The van der Waals surface area contributed by atoms with E-state index in [9.17, 15) is 14.4 Å². The number of hydrogen-bond acceptors (Lipinski definition) is 4. The number of nitrogens with two attached hydrogens (primary N) is 1. The zero-order valence-corrected chi connectivity index (χ0v) is 11.6. The monoisotopic (exact) mass is 288 g/mol. The molecule has 2 saturated heterocycles. The number of hydrogen-bond donors (Lipinski definition) is 3. The number of urea groups is 1. The number of benzene rings is 1. The Bertz CT molecular complexity index is 658. The molecule has 0 radical (unpaired) electrons. The van der Waals surface area contributed by atoms with E-state index in [2.05, 4.69) is 10.6 Å². The maximum absolute atomic E-state index is 12.5. The standard InChI is InChI=1S/C14H16N4O3/c1-8-3-2-4-9(10(8)15)11(19)18-6-5-14(7-18)12(20)16-13(21)17-14/h2-4H,5-7,15H2,1H3,(H2,16,17,20,21). The first-order valence-electron chi connectivity index (χ1n) is 6.71. The van der Waals surface area contributed by atoms with Crippen LogP contribution < -0.4 is 16.4 Å². The van der Waals surface area contributed by atoms with Gasteiger partial charge in [-0.1, -0.05) is 12.1 Å². The van der Waals surface area contributed by atoms with Crippen LogP contribution in [0.1, 0.15) is 22.3 Å². The maximum atomic E-state index is 12.5. The third-order valence-electron chi connectivity index (χ3n) is 4.13. The van der Waals surface area contributed by atoms with Crippen molar-refractivity contribution < 1.29 is 14.4 Å². The molecule has 4 amide bonds. The predicted octanol–water partition coefficient (Wildman–Crippen LogP) is 0.00132. The lowest BCUT2D eigenvalue weighted by atomic mass is 9.99. The molecule has 110 valence electrons. The number of anilines is 1. The molecule has 0 saturated carbocycles. The molecule has 3 rings (SSSR count). The third kappa shape index (κ3) is 2.01. The Morgan fingerprint density at radius 1 is 1.38 bits per heavy atom. The molecule has 2 aliphatic rings. The number of carbonyl (C=O) groups excluding carboxylic acids is 3. The SMILES string of the molecule is Cc1cccc(C(=O)N2CCC3(C2)NC(=O)NC3=O)c1N. The Morgan fingerprint density at radius 2 is 2.14 bits per heavy atom. The van der Waals surface area contributed by atoms with Crippen LogP contribution in [-0.2, 0) is 4.79 Å². The van der Waals surface area contributed by atoms with E-state index in [1.165, 1.54) is 0 Å². The minimum atomic E-state index is -0.995. The molecule has 0 bridgehead atoms. The molecule has 1 unspecified atom stereocenters. The normalized spacial score (nSPS) is 24.3. The van der Waals surface area contributed by atoms with Crippen LogP contribution in [0.2, 0.25) is 0 Å². The number of aryl methyl sites for hydroxylation is 1. The number of imide groups is 1. The summed E-state index contributed by atoms with van der Waals surface area (Å²) in [6, 6.07) is 4.77. The Morgan fingerprint density at radius 3 is 2.81 bits per heavy atom. The van der Waals surface area contributed by atoms with Crippen molar-refractivity contribution in [1.29, 1.82) is 0 Å². The van der Waals surface area contributed by atoms with E-state index in [0.717, 1.165) is 5.56 Å². The zero-order valence-electron chi connectivity index (χ0n) is 11.6. The van der Waals surface area contributed by atoms with E-state index in [4.69, 9.17) is 5.73 Å². The number of nitrogens with zero attached hydrogens (tertiary/aromatic N) is 1. The average Bonchev–Trinajstić information content (AvgIpc) is 2.97. The van der Waals surface area contributed by atoms with Gasteiger partial charge in [-0.15, -0.1) is 0 Å². The molecular formula is C14H16N4O3. The molecule has 7 heteroatoms. The van der Waals surface area contributed by atoms with Gasteiger partial charge in [0, 0.05) is 12.2 Å². The van der Waals surface area contributed by atoms with Gasteiger partial charge in [0.25, 0.3) is 11.8 Å². The first-order valence-corrected chi connectivity index (χ1v) is 6.71. The van der Waals surface area contributed by atoms with Gasteiger partial charge < -0.3 is 16.0 Å². The zero-order chi connectivity index (χ0) is 15.2. The number of carbonyl (C=O) groups is 3. The second-order valence-electron chi connectivity index (χ2n) is 5.50. The first kappa shape index (κ1) is 13.4. The Balaban J connectivity index is 1.83. The molecule has 2 fully saturated rings. The van der Waals surface area contributed by atoms with Gasteiger partial charge in [0.05, 0.1) is 12.1 Å². The number of nitrogen functional groups attached to an aromatic ring is 1. The highest BCUT2D eigenvalue weighted by atomic mass is 16.2. The van der Waals surface area contributed by atoms with Gasteiger partial charge in [-0.2, -0.15) is 0 Å². The average molecular weight is 288 g/mol. The molecule has 4 N–H and O–H groups in total. The number of likely N-dealkylation sites (tertiary alicyclic amines) is 1. The smallest absolute Gasteiger partial charge is 0.322 e. The highest BCUT2D eigenvalue weighted by Gasteiger charge is 2.51. The summed E-state index contributed by atoms with van der Waals surface area (Å²) in [5, 5.41) is 4.83. The Hall–Kier alpha value is -2.57. The van der Waals surface area contributed by atoms with Crippen LogP contribution in [0.5, 0.6) is 0 Å². The summed E-state index contributed by atoms with van der Waals surface area (Å²) >= 11 is 0. The highest BCUT2D eigenvalue weighted by Crippen LogP contribution is 2.27. The van der Waals surface area contributed by atoms with E-state index in [-0.39, 0.29) is 18.4 Å². The summed E-state index contributed by atoms with van der Waals surface area (Å²) in [6.07, 6.45) is 0.405. The molecule has 0 aromatic heterocycles. The molecule has 1 aromatic carbocycles. The van der Waals surface area contributed by atoms with E-state index in [1.54, 1.807) is 17.0 Å². The summed E-state index contributed by atoms with van der Waals surface area (Å²) in [5.74, 6) is -0.595. The molecule has 21 heavy (non-hydrogen) atoms. The van der Waals surface area contributed by atoms with Crippen molar-refractivity contribution in [2.45, 2.75) is 18.9 Å². The maximum Gasteiger partial charge on any atom is 0.322 e. The van der Waals surface area contributed by atoms with Crippen molar-refractivity contribution in [2.24, 2.45) is 0 Å². The second kappa shape index (κ2) is 4.47. The highest BCUT2D eigenvalue weighted by molar-refractivity contribution is 6.08. The third-order valence-corrected chi connectivity index (χ3v) is 4.13. The van der Waals surface area contributed by atoms with Crippen molar-refractivity contribution in [2.75, 3.05) is 18.8 Å². The predicted molar refractivity (Wildman–Crippen MR) is 75.5 cm³/mol. The van der Waals surface area contributed by atoms with Crippen molar-refractivity contribution >= 4 is 23.5 Å². The molecule has 2 heterocycles. The van der Waals surface area contributed by atoms with Gasteiger partial charge in [0.1, 0.15) is 5.54 Å². The van der Waals surface area contributed by atoms with Crippen molar-refractivity contribution in [3.05, 3.63) is 29.3 Å². The van der Waals surface area contributed by atoms with Crippen LogP contribution >= 0.6 is 0 Å². The Kier molecular flexibility index (Phi) is 2.86. The first-order chi connectivity index (χ1) is 9.93. The van der Waals surface area contributed by atoms with Gasteiger partial charge in [-0.3, -0.25) is 14.9 Å². The molecule has 1 atom stereocenters. The molecular weight excluding hydrogens is 272 g/mol.